The van der Waals surface area contributed by atoms with Gasteiger partial charge in [0.25, 0.3) is 0 Å². The second-order valence-electron chi connectivity index (χ2n) is 6.87. The van der Waals surface area contributed by atoms with Gasteiger partial charge in [0.1, 0.15) is 5.69 Å². The molecule has 0 bridgehead atoms. The van der Waals surface area contributed by atoms with Crippen molar-refractivity contribution in [2.75, 3.05) is 13.1 Å². The van der Waals surface area contributed by atoms with E-state index in [0.29, 0.717) is 12.2 Å². The molecule has 0 aliphatic carbocycles. The van der Waals surface area contributed by atoms with Gasteiger partial charge in [0.15, 0.2) is 5.82 Å². The maximum Gasteiger partial charge on any atom is 0.222 e. The van der Waals surface area contributed by atoms with Crippen molar-refractivity contribution >= 4 is 5.91 Å². The fraction of sp³-hybridized carbons (Fsp3) is 0.350. The molecule has 138 valence electrons. The summed E-state index contributed by atoms with van der Waals surface area (Å²) in [4.78, 5) is 22.5. The second kappa shape index (κ2) is 7.65. The third kappa shape index (κ3) is 4.02. The van der Waals surface area contributed by atoms with Crippen LogP contribution in [0.5, 0.6) is 0 Å². The molecule has 0 atom stereocenters. The van der Waals surface area contributed by atoms with E-state index in [-0.39, 0.29) is 5.91 Å². The molecule has 0 radical (unpaired) electrons. The fourth-order valence-corrected chi connectivity index (χ4v) is 3.30. The predicted octanol–water partition coefficient (Wildman–Crippen LogP) is 2.72. The van der Waals surface area contributed by atoms with Crippen LogP contribution in [0.4, 0.5) is 0 Å². The summed E-state index contributed by atoms with van der Waals surface area (Å²) < 4.78 is 1.81. The number of aromatic nitrogens is 5. The number of benzene rings is 1. The first-order valence-corrected chi connectivity index (χ1v) is 9.26. The van der Waals surface area contributed by atoms with Gasteiger partial charge in [0, 0.05) is 49.6 Å². The lowest BCUT2D eigenvalue weighted by molar-refractivity contribution is -0.127. The van der Waals surface area contributed by atoms with Crippen molar-refractivity contribution in [3.8, 4) is 22.6 Å². The molecule has 27 heavy (non-hydrogen) atoms. The summed E-state index contributed by atoms with van der Waals surface area (Å²) in [6.45, 7) is 4.45. The van der Waals surface area contributed by atoms with Crippen molar-refractivity contribution in [3.05, 3.63) is 48.4 Å². The summed E-state index contributed by atoms with van der Waals surface area (Å²) in [7, 11) is 0. The Labute approximate surface area is 158 Å². The van der Waals surface area contributed by atoms with Crippen molar-refractivity contribution in [2.24, 2.45) is 0 Å². The normalized spacial score (nSPS) is 14.1. The molecule has 0 unspecified atom stereocenters. The molecule has 1 aliphatic rings. The zero-order valence-electron chi connectivity index (χ0n) is 15.4. The van der Waals surface area contributed by atoms with E-state index >= 15 is 0 Å². The van der Waals surface area contributed by atoms with Gasteiger partial charge < -0.3 is 4.90 Å². The summed E-state index contributed by atoms with van der Waals surface area (Å²) in [6, 6.07) is 8.12. The molecule has 3 aromatic rings. The Hall–Kier alpha value is -3.09. The van der Waals surface area contributed by atoms with E-state index in [0.717, 1.165) is 49.3 Å². The minimum Gasteiger partial charge on any atom is -0.343 e. The highest BCUT2D eigenvalue weighted by Crippen LogP contribution is 2.19. The average molecular weight is 362 g/mol. The van der Waals surface area contributed by atoms with Crippen LogP contribution >= 0.6 is 0 Å². The molecule has 0 N–H and O–H groups in total. The second-order valence-corrected chi connectivity index (χ2v) is 6.87. The zero-order valence-corrected chi connectivity index (χ0v) is 15.4. The average Bonchev–Trinajstić information content (AvgIpc) is 3.31. The lowest BCUT2D eigenvalue weighted by Crippen LogP contribution is -2.26. The quantitative estimate of drug-likeness (QED) is 0.674. The van der Waals surface area contributed by atoms with Crippen molar-refractivity contribution < 1.29 is 4.79 Å². The van der Waals surface area contributed by atoms with Crippen LogP contribution in [0, 0.1) is 6.92 Å². The van der Waals surface area contributed by atoms with Gasteiger partial charge in [-0.1, -0.05) is 29.0 Å². The highest BCUT2D eigenvalue weighted by Gasteiger charge is 2.19. The number of nitrogens with zero attached hydrogens (tertiary/aromatic N) is 6. The molecular weight excluding hydrogens is 340 g/mol. The van der Waals surface area contributed by atoms with Gasteiger partial charge in [-0.05, 0) is 25.8 Å². The number of aryl methyl sites for hydroxylation is 2. The summed E-state index contributed by atoms with van der Waals surface area (Å²) in [5.41, 5.74) is 3.77. The van der Waals surface area contributed by atoms with Crippen molar-refractivity contribution in [1.82, 2.24) is 29.9 Å². The lowest BCUT2D eigenvalue weighted by atomic mass is 10.1. The van der Waals surface area contributed by atoms with Crippen molar-refractivity contribution in [1.29, 1.82) is 0 Å². The van der Waals surface area contributed by atoms with E-state index in [1.165, 1.54) is 5.56 Å². The van der Waals surface area contributed by atoms with Gasteiger partial charge in [-0.2, -0.15) is 0 Å². The number of amides is 1. The number of carbonyl (C=O) groups excluding carboxylic acids is 1. The number of likely N-dealkylation sites (tertiary alicyclic amines) is 1. The van der Waals surface area contributed by atoms with E-state index in [9.17, 15) is 4.79 Å². The smallest absolute Gasteiger partial charge is 0.222 e. The van der Waals surface area contributed by atoms with E-state index in [1.807, 2.05) is 27.9 Å². The van der Waals surface area contributed by atoms with Gasteiger partial charge in [-0.3, -0.25) is 9.48 Å². The number of carbonyl (C=O) groups is 1. The Bertz CT molecular complexity index is 934. The summed E-state index contributed by atoms with van der Waals surface area (Å²) in [5.74, 6) is 0.963. The van der Waals surface area contributed by atoms with Crippen molar-refractivity contribution in [3.63, 3.8) is 0 Å². The molecule has 1 aromatic carbocycles. The van der Waals surface area contributed by atoms with E-state index < -0.39 is 0 Å². The van der Waals surface area contributed by atoms with Crippen LogP contribution in [0.3, 0.4) is 0 Å². The summed E-state index contributed by atoms with van der Waals surface area (Å²) in [5, 5.41) is 8.40. The SMILES string of the molecule is Cc1cccc(-c2ncc(-c3cn(CCCN4CCCC4=O)nn3)cn2)c1. The Morgan fingerprint density at radius 3 is 2.70 bits per heavy atom. The molecule has 4 rings (SSSR count). The first-order chi connectivity index (χ1) is 13.2. The van der Waals surface area contributed by atoms with Crippen LogP contribution in [-0.4, -0.2) is 48.9 Å². The molecule has 2 aromatic heterocycles. The van der Waals surface area contributed by atoms with Crippen LogP contribution in [0.25, 0.3) is 22.6 Å². The maximum absolute atomic E-state index is 11.6. The molecule has 1 fully saturated rings. The Balaban J connectivity index is 1.38. The summed E-state index contributed by atoms with van der Waals surface area (Å²) in [6.07, 6.45) is 7.99. The van der Waals surface area contributed by atoms with Crippen LogP contribution in [0.2, 0.25) is 0 Å². The largest absolute Gasteiger partial charge is 0.343 e. The molecular formula is C20H22N6O. The third-order valence-corrected chi connectivity index (χ3v) is 4.75. The molecule has 7 heteroatoms. The van der Waals surface area contributed by atoms with Crippen LogP contribution in [0.15, 0.2) is 42.9 Å². The fourth-order valence-electron chi connectivity index (χ4n) is 3.30. The van der Waals surface area contributed by atoms with Gasteiger partial charge >= 0.3 is 0 Å². The lowest BCUT2D eigenvalue weighted by Gasteiger charge is -2.14. The van der Waals surface area contributed by atoms with Gasteiger partial charge in [0.2, 0.25) is 5.91 Å². The molecule has 0 saturated carbocycles. The number of rotatable bonds is 6. The molecule has 1 saturated heterocycles. The van der Waals surface area contributed by atoms with E-state index in [2.05, 4.69) is 39.3 Å². The Kier molecular flexibility index (Phi) is 4.91. The topological polar surface area (TPSA) is 76.8 Å². The monoisotopic (exact) mass is 362 g/mol. The molecule has 1 amide bonds. The summed E-state index contributed by atoms with van der Waals surface area (Å²) >= 11 is 0. The number of hydrogen-bond donors (Lipinski definition) is 0. The van der Waals surface area contributed by atoms with Gasteiger partial charge in [0.05, 0.1) is 6.20 Å². The highest BCUT2D eigenvalue weighted by atomic mass is 16.2. The predicted molar refractivity (Wildman–Crippen MR) is 102 cm³/mol. The standard InChI is InChI=1S/C20H22N6O/c1-15-5-2-6-16(11-15)20-21-12-17(13-22-20)18-14-26(24-23-18)10-4-9-25-8-3-7-19(25)27/h2,5-6,11-14H,3-4,7-10H2,1H3. The van der Waals surface area contributed by atoms with E-state index in [1.54, 1.807) is 12.4 Å². The van der Waals surface area contributed by atoms with Crippen LogP contribution in [-0.2, 0) is 11.3 Å². The highest BCUT2D eigenvalue weighted by molar-refractivity contribution is 5.78. The minimum absolute atomic E-state index is 0.264. The Morgan fingerprint density at radius 2 is 1.96 bits per heavy atom. The maximum atomic E-state index is 11.6. The van der Waals surface area contributed by atoms with Crippen molar-refractivity contribution in [2.45, 2.75) is 32.7 Å². The third-order valence-electron chi connectivity index (χ3n) is 4.75. The molecule has 7 nitrogen and oxygen atoms in total. The molecule has 0 spiro atoms. The molecule has 3 heterocycles. The first-order valence-electron chi connectivity index (χ1n) is 9.26. The minimum atomic E-state index is 0.264. The number of hydrogen-bond acceptors (Lipinski definition) is 5. The first kappa shape index (κ1) is 17.3. The zero-order chi connectivity index (χ0) is 18.6. The van der Waals surface area contributed by atoms with Crippen LogP contribution in [0.1, 0.15) is 24.8 Å². The Morgan fingerprint density at radius 1 is 1.11 bits per heavy atom. The van der Waals surface area contributed by atoms with Gasteiger partial charge in [-0.25, -0.2) is 9.97 Å². The van der Waals surface area contributed by atoms with Crippen LogP contribution < -0.4 is 0 Å². The van der Waals surface area contributed by atoms with Gasteiger partial charge in [-0.15, -0.1) is 5.10 Å². The molecule has 1 aliphatic heterocycles. The van der Waals surface area contributed by atoms with E-state index in [4.69, 9.17) is 0 Å².